The summed E-state index contributed by atoms with van der Waals surface area (Å²) in [6, 6.07) is 24.3. The normalized spacial score (nSPS) is 10.4. The van der Waals surface area contributed by atoms with E-state index in [4.69, 9.17) is 11.5 Å². The van der Waals surface area contributed by atoms with Crippen molar-refractivity contribution < 1.29 is 0 Å². The molecule has 0 spiro atoms. The summed E-state index contributed by atoms with van der Waals surface area (Å²) in [5.41, 5.74) is 17.7. The van der Waals surface area contributed by atoms with Crippen molar-refractivity contribution in [1.82, 2.24) is 0 Å². The minimum Gasteiger partial charge on any atom is -0.397 e. The summed E-state index contributed by atoms with van der Waals surface area (Å²) in [7, 11) is 0. The first-order valence-corrected chi connectivity index (χ1v) is 6.55. The summed E-state index contributed by atoms with van der Waals surface area (Å²) in [6.45, 7) is 0. The zero-order valence-electron chi connectivity index (χ0n) is 11.1. The molecule has 0 saturated heterocycles. The van der Waals surface area contributed by atoms with E-state index < -0.39 is 0 Å². The fourth-order valence-electron chi connectivity index (χ4n) is 2.33. The summed E-state index contributed by atoms with van der Waals surface area (Å²) >= 11 is 0. The van der Waals surface area contributed by atoms with Crippen LogP contribution in [0.3, 0.4) is 0 Å². The van der Waals surface area contributed by atoms with E-state index in [1.807, 2.05) is 54.6 Å². The molecule has 0 atom stereocenters. The molecule has 0 unspecified atom stereocenters. The van der Waals surface area contributed by atoms with Crippen LogP contribution >= 0.6 is 0 Å². The van der Waals surface area contributed by atoms with Crippen LogP contribution < -0.4 is 11.5 Å². The predicted molar refractivity (Wildman–Crippen MR) is 86.1 cm³/mol. The summed E-state index contributed by atoms with van der Waals surface area (Å²) in [5.74, 6) is 0. The monoisotopic (exact) mass is 260 g/mol. The Hall–Kier alpha value is -2.74. The SMILES string of the molecule is Nc1cc(-c2ccccc2)cc(-c2ccccc2)c1N. The molecule has 0 heterocycles. The first-order valence-electron chi connectivity index (χ1n) is 6.55. The number of hydrogen-bond acceptors (Lipinski definition) is 2. The molecule has 4 N–H and O–H groups in total. The molecule has 0 aliphatic rings. The minimum atomic E-state index is 0.616. The van der Waals surface area contributed by atoms with Crippen molar-refractivity contribution in [2.75, 3.05) is 11.5 Å². The Kier molecular flexibility index (Phi) is 3.13. The van der Waals surface area contributed by atoms with Gasteiger partial charge in [-0.3, -0.25) is 0 Å². The Morgan fingerprint density at radius 3 is 1.70 bits per heavy atom. The lowest BCUT2D eigenvalue weighted by Gasteiger charge is -2.12. The molecule has 0 aromatic heterocycles. The van der Waals surface area contributed by atoms with Crippen LogP contribution in [0.4, 0.5) is 11.4 Å². The molecular formula is C18H16N2. The van der Waals surface area contributed by atoms with E-state index in [-0.39, 0.29) is 0 Å². The highest BCUT2D eigenvalue weighted by molar-refractivity contribution is 5.89. The summed E-state index contributed by atoms with van der Waals surface area (Å²) in [4.78, 5) is 0. The lowest BCUT2D eigenvalue weighted by Crippen LogP contribution is -1.98. The highest BCUT2D eigenvalue weighted by Crippen LogP contribution is 2.35. The first-order chi connectivity index (χ1) is 9.75. The van der Waals surface area contributed by atoms with Crippen LogP contribution in [-0.2, 0) is 0 Å². The van der Waals surface area contributed by atoms with Gasteiger partial charge in [-0.25, -0.2) is 0 Å². The zero-order valence-corrected chi connectivity index (χ0v) is 11.1. The van der Waals surface area contributed by atoms with Gasteiger partial charge < -0.3 is 11.5 Å². The van der Waals surface area contributed by atoms with E-state index in [0.717, 1.165) is 22.3 Å². The summed E-state index contributed by atoms with van der Waals surface area (Å²) in [5, 5.41) is 0. The average molecular weight is 260 g/mol. The maximum absolute atomic E-state index is 6.14. The van der Waals surface area contributed by atoms with Gasteiger partial charge in [-0.15, -0.1) is 0 Å². The average Bonchev–Trinajstić information content (AvgIpc) is 2.51. The standard InChI is InChI=1S/C18H16N2/c19-17-12-15(13-7-3-1-4-8-13)11-16(18(17)20)14-9-5-2-6-10-14/h1-12H,19-20H2. The molecule has 98 valence electrons. The van der Waals surface area contributed by atoms with Gasteiger partial charge in [0.2, 0.25) is 0 Å². The van der Waals surface area contributed by atoms with Gasteiger partial charge in [0.05, 0.1) is 11.4 Å². The topological polar surface area (TPSA) is 52.0 Å². The Balaban J connectivity index is 2.19. The molecule has 0 fully saturated rings. The lowest BCUT2D eigenvalue weighted by molar-refractivity contribution is 1.58. The largest absolute Gasteiger partial charge is 0.397 e. The molecule has 3 aromatic rings. The Morgan fingerprint density at radius 2 is 1.10 bits per heavy atom. The molecule has 2 nitrogen and oxygen atoms in total. The first kappa shape index (κ1) is 12.3. The van der Waals surface area contributed by atoms with Gasteiger partial charge in [-0.2, -0.15) is 0 Å². The van der Waals surface area contributed by atoms with Crippen LogP contribution in [0.15, 0.2) is 72.8 Å². The van der Waals surface area contributed by atoms with E-state index in [0.29, 0.717) is 11.4 Å². The highest BCUT2D eigenvalue weighted by atomic mass is 14.7. The van der Waals surface area contributed by atoms with Gasteiger partial charge in [-0.1, -0.05) is 60.7 Å². The third kappa shape index (κ3) is 2.24. The molecule has 0 radical (unpaired) electrons. The van der Waals surface area contributed by atoms with Gasteiger partial charge in [0.15, 0.2) is 0 Å². The number of hydrogen-bond donors (Lipinski definition) is 2. The Labute approximate surface area is 118 Å². The quantitative estimate of drug-likeness (QED) is 0.679. The van der Waals surface area contributed by atoms with Crippen LogP contribution in [0, 0.1) is 0 Å². The molecule has 20 heavy (non-hydrogen) atoms. The van der Waals surface area contributed by atoms with Gasteiger partial charge >= 0.3 is 0 Å². The molecule has 2 heteroatoms. The molecule has 3 aromatic carbocycles. The maximum Gasteiger partial charge on any atom is 0.0627 e. The van der Waals surface area contributed by atoms with Gasteiger partial charge in [0.1, 0.15) is 0 Å². The highest BCUT2D eigenvalue weighted by Gasteiger charge is 2.09. The van der Waals surface area contributed by atoms with Crippen molar-refractivity contribution >= 4 is 11.4 Å². The van der Waals surface area contributed by atoms with E-state index >= 15 is 0 Å². The number of nitrogen functional groups attached to an aromatic ring is 2. The van der Waals surface area contributed by atoms with E-state index in [2.05, 4.69) is 18.2 Å². The molecule has 0 bridgehead atoms. The van der Waals surface area contributed by atoms with Crippen LogP contribution in [0.25, 0.3) is 22.3 Å². The summed E-state index contributed by atoms with van der Waals surface area (Å²) in [6.07, 6.45) is 0. The van der Waals surface area contributed by atoms with E-state index in [9.17, 15) is 0 Å². The van der Waals surface area contributed by atoms with E-state index in [1.54, 1.807) is 0 Å². The van der Waals surface area contributed by atoms with Crippen LogP contribution in [0.2, 0.25) is 0 Å². The fourth-order valence-corrected chi connectivity index (χ4v) is 2.33. The molecule has 0 saturated carbocycles. The summed E-state index contributed by atoms with van der Waals surface area (Å²) < 4.78 is 0. The van der Waals surface area contributed by atoms with Crippen molar-refractivity contribution in [2.24, 2.45) is 0 Å². The maximum atomic E-state index is 6.14. The third-order valence-corrected chi connectivity index (χ3v) is 3.40. The van der Waals surface area contributed by atoms with Crippen LogP contribution in [0.1, 0.15) is 0 Å². The molecular weight excluding hydrogens is 244 g/mol. The van der Waals surface area contributed by atoms with Crippen molar-refractivity contribution in [2.45, 2.75) is 0 Å². The van der Waals surface area contributed by atoms with Crippen molar-refractivity contribution in [3.05, 3.63) is 72.8 Å². The minimum absolute atomic E-state index is 0.616. The lowest BCUT2D eigenvalue weighted by atomic mass is 9.96. The second-order valence-electron chi connectivity index (χ2n) is 4.76. The Morgan fingerprint density at radius 1 is 0.550 bits per heavy atom. The number of benzene rings is 3. The van der Waals surface area contributed by atoms with Crippen molar-refractivity contribution in [3.63, 3.8) is 0 Å². The molecule has 0 aliphatic carbocycles. The number of nitrogens with two attached hydrogens (primary N) is 2. The number of rotatable bonds is 2. The van der Waals surface area contributed by atoms with Gasteiger partial charge in [0, 0.05) is 5.56 Å². The predicted octanol–water partition coefficient (Wildman–Crippen LogP) is 4.19. The Bertz CT molecular complexity index is 719. The fraction of sp³-hybridized carbons (Fsp3) is 0. The van der Waals surface area contributed by atoms with Crippen molar-refractivity contribution in [1.29, 1.82) is 0 Å². The van der Waals surface area contributed by atoms with Crippen molar-refractivity contribution in [3.8, 4) is 22.3 Å². The number of anilines is 2. The third-order valence-electron chi connectivity index (χ3n) is 3.40. The molecule has 0 aliphatic heterocycles. The smallest absolute Gasteiger partial charge is 0.0627 e. The van der Waals surface area contributed by atoms with Gasteiger partial charge in [-0.05, 0) is 28.8 Å². The second kappa shape index (κ2) is 5.10. The zero-order chi connectivity index (χ0) is 13.9. The molecule has 0 amide bonds. The molecule has 3 rings (SSSR count). The van der Waals surface area contributed by atoms with Crippen LogP contribution in [-0.4, -0.2) is 0 Å². The second-order valence-corrected chi connectivity index (χ2v) is 4.76. The van der Waals surface area contributed by atoms with Crippen LogP contribution in [0.5, 0.6) is 0 Å². The van der Waals surface area contributed by atoms with E-state index in [1.165, 1.54) is 0 Å². The van der Waals surface area contributed by atoms with Gasteiger partial charge in [0.25, 0.3) is 0 Å².